The van der Waals surface area contributed by atoms with Crippen LogP contribution in [0.15, 0.2) is 103 Å². The predicted octanol–water partition coefficient (Wildman–Crippen LogP) is 13.2. The maximum atomic E-state index is 15.7. The van der Waals surface area contributed by atoms with Crippen molar-refractivity contribution in [3.63, 3.8) is 0 Å². The second kappa shape index (κ2) is 21.3. The molecule has 5 saturated carbocycles. The second-order valence-corrected chi connectivity index (χ2v) is 23.9. The van der Waals surface area contributed by atoms with Crippen molar-refractivity contribution in [1.29, 1.82) is 0 Å². The molecule has 2 spiro atoms. The Balaban J connectivity index is 1.15. The third-order valence-corrected chi connectivity index (χ3v) is 20.8. The molecular formula is C61H71F9O11. The van der Waals surface area contributed by atoms with E-state index in [0.29, 0.717) is 58.3 Å². The van der Waals surface area contributed by atoms with Gasteiger partial charge in [0.25, 0.3) is 16.8 Å². The Morgan fingerprint density at radius 2 is 1.01 bits per heavy atom. The van der Waals surface area contributed by atoms with Crippen LogP contribution in [0.25, 0.3) is 0 Å². The Labute approximate surface area is 465 Å². The molecule has 3 aromatic carbocycles. The fraction of sp³-hybridized carbons (Fsp3) is 0.607. The first-order valence-corrected chi connectivity index (χ1v) is 27.2. The number of ether oxygens (including phenoxy) is 7. The van der Waals surface area contributed by atoms with Gasteiger partial charge in [-0.3, -0.25) is 4.79 Å². The van der Waals surface area contributed by atoms with Gasteiger partial charge >= 0.3 is 42.4 Å². The Morgan fingerprint density at radius 1 is 0.580 bits per heavy atom. The zero-order valence-corrected chi connectivity index (χ0v) is 46.9. The first-order chi connectivity index (χ1) is 37.8. The van der Waals surface area contributed by atoms with Crippen LogP contribution in [0.2, 0.25) is 0 Å². The minimum absolute atomic E-state index is 0.00492. The van der Waals surface area contributed by atoms with Crippen LogP contribution in [0.5, 0.6) is 0 Å². The van der Waals surface area contributed by atoms with Gasteiger partial charge in [0.05, 0.1) is 7.11 Å². The molecule has 20 heteroatoms. The van der Waals surface area contributed by atoms with Crippen LogP contribution in [0.3, 0.4) is 0 Å². The first-order valence-electron chi connectivity index (χ1n) is 27.2. The highest BCUT2D eigenvalue weighted by Crippen LogP contribution is 2.89. The maximum Gasteiger partial charge on any atom is 0.432 e. The minimum Gasteiger partial charge on any atom is -0.468 e. The van der Waals surface area contributed by atoms with E-state index in [9.17, 15) is 32.3 Å². The molecule has 444 valence electrons. The van der Waals surface area contributed by atoms with E-state index in [1.165, 1.54) is 61.5 Å². The molecule has 0 N–H and O–H groups in total. The molecule has 0 unspecified atom stereocenters. The van der Waals surface area contributed by atoms with Gasteiger partial charge in [0, 0.05) is 49.9 Å². The summed E-state index contributed by atoms with van der Waals surface area (Å²) < 4.78 is 177. The van der Waals surface area contributed by atoms with E-state index in [1.54, 1.807) is 6.92 Å². The summed E-state index contributed by atoms with van der Waals surface area (Å²) in [5.41, 5.74) is -17.4. The van der Waals surface area contributed by atoms with E-state index in [4.69, 9.17) is 33.2 Å². The summed E-state index contributed by atoms with van der Waals surface area (Å²) in [6, 6.07) is 18.6. The summed E-state index contributed by atoms with van der Waals surface area (Å²) >= 11 is 0. The van der Waals surface area contributed by atoms with Gasteiger partial charge in [-0.15, -0.1) is 0 Å². The quantitative estimate of drug-likeness (QED) is 0.0522. The lowest BCUT2D eigenvalue weighted by Crippen LogP contribution is -2.66. The molecule has 5 aliphatic rings. The number of carbonyl (C=O) groups excluding carboxylic acids is 4. The van der Waals surface area contributed by atoms with Crippen molar-refractivity contribution in [3.8, 4) is 0 Å². The van der Waals surface area contributed by atoms with Gasteiger partial charge < -0.3 is 33.2 Å². The van der Waals surface area contributed by atoms with Gasteiger partial charge in [0.15, 0.2) is 0 Å². The molecule has 5 aliphatic carbocycles. The number of methoxy groups -OCH3 is 4. The van der Waals surface area contributed by atoms with Crippen molar-refractivity contribution >= 4 is 23.9 Å². The van der Waals surface area contributed by atoms with Crippen molar-refractivity contribution < 1.29 is 91.8 Å². The molecular weight excluding hydrogens is 1080 g/mol. The molecule has 15 atom stereocenters. The third kappa shape index (κ3) is 8.93. The van der Waals surface area contributed by atoms with Crippen LogP contribution in [0.4, 0.5) is 39.5 Å². The van der Waals surface area contributed by atoms with Crippen LogP contribution in [0, 0.1) is 50.7 Å². The average molecular weight is 1150 g/mol. The van der Waals surface area contributed by atoms with Gasteiger partial charge in [0.1, 0.15) is 23.7 Å². The number of carbonyl (C=O) groups is 4. The van der Waals surface area contributed by atoms with Crippen molar-refractivity contribution in [3.05, 3.63) is 120 Å². The lowest BCUT2D eigenvalue weighted by atomic mass is 9.41. The number of halogens is 9. The summed E-state index contributed by atoms with van der Waals surface area (Å²) in [5.74, 6) is -7.76. The van der Waals surface area contributed by atoms with Crippen LogP contribution < -0.4 is 0 Å². The number of benzene rings is 3. The van der Waals surface area contributed by atoms with E-state index < -0.39 is 134 Å². The lowest BCUT2D eigenvalue weighted by molar-refractivity contribution is -0.289. The molecule has 5 fully saturated rings. The molecule has 11 nitrogen and oxygen atoms in total. The summed E-state index contributed by atoms with van der Waals surface area (Å²) in [7, 11) is 3.25. The van der Waals surface area contributed by atoms with Crippen LogP contribution in [0.1, 0.15) is 116 Å². The van der Waals surface area contributed by atoms with Crippen LogP contribution >= 0.6 is 0 Å². The number of hydrogen-bond acceptors (Lipinski definition) is 11. The molecule has 0 aromatic heterocycles. The molecule has 0 radical (unpaired) electrons. The zero-order chi connectivity index (χ0) is 59.8. The standard InChI is InChI=1S/C61H71F9O11/c1-36(2)42(79-48(72)56(76-8,59(62,63)64)38-20-14-11-15-21-38)27-26-37(3)41-30-31-52(5)43-28-29-44-53(6,47(71)75-7)45(80-49(73)57(77-9,60(65,66)67)39-22-16-12-17-23-39)34-46(55(44)35-54(43,55)33-32-51(41,52)4)81-50(74)58(78-10,61(68,69)70)40-24-18-13-19-25-40/h11-25,37,41-46H,1,26-35H2,2-10H3/t37-,41-,42-,43+,44+,45+,46+,51-,52+,53+,54+,55-,56+,57+,58+/m1/s1. The van der Waals surface area contributed by atoms with E-state index in [2.05, 4.69) is 20.4 Å². The average Bonchev–Trinajstić information content (AvgIpc) is 4.23. The summed E-state index contributed by atoms with van der Waals surface area (Å²) in [6.07, 6.45) is -17.8. The largest absolute Gasteiger partial charge is 0.468 e. The highest BCUT2D eigenvalue weighted by atomic mass is 19.4. The number of alkyl halides is 9. The Morgan fingerprint density at radius 3 is 1.43 bits per heavy atom. The van der Waals surface area contributed by atoms with E-state index in [1.807, 2.05) is 6.92 Å². The van der Waals surface area contributed by atoms with Crippen molar-refractivity contribution in [2.45, 2.75) is 152 Å². The monoisotopic (exact) mass is 1150 g/mol. The third-order valence-electron chi connectivity index (χ3n) is 20.8. The Bertz CT molecular complexity index is 2830. The maximum absolute atomic E-state index is 15.7. The zero-order valence-electron chi connectivity index (χ0n) is 46.9. The fourth-order valence-corrected chi connectivity index (χ4v) is 16.6. The molecule has 0 saturated heterocycles. The number of rotatable bonds is 18. The summed E-state index contributed by atoms with van der Waals surface area (Å²) in [5, 5.41) is 0. The fourth-order valence-electron chi connectivity index (χ4n) is 16.6. The highest BCUT2D eigenvalue weighted by Gasteiger charge is 2.87. The van der Waals surface area contributed by atoms with Gasteiger partial charge in [0.2, 0.25) is 0 Å². The van der Waals surface area contributed by atoms with Gasteiger partial charge in [-0.1, -0.05) is 118 Å². The van der Waals surface area contributed by atoms with E-state index in [-0.39, 0.29) is 37.0 Å². The predicted molar refractivity (Wildman–Crippen MR) is 275 cm³/mol. The Kier molecular flexibility index (Phi) is 16.2. The molecule has 8 rings (SSSR count). The number of esters is 4. The molecule has 0 aliphatic heterocycles. The second-order valence-electron chi connectivity index (χ2n) is 23.9. The molecule has 0 heterocycles. The SMILES string of the molecule is C=C(C)[C@@H](CC[C@@H](C)[C@H]1CC[C@@]2(C)[C@@H]3CC[C@H]4[C@](C)(C(=O)OC)[C@@H](OC(=O)[C@@](OC)(c5ccccc5)C(F)(F)F)C[C@H](OC(=O)[C@@](OC)(c5ccccc5)C(F)(F)F)[C@@]45C[C@@]35CC[C@]12C)OC(=O)[C@@](OC)(c1ccccc1)C(F)(F)F. The Hall–Kier alpha value is -5.47. The molecule has 81 heavy (non-hydrogen) atoms. The summed E-state index contributed by atoms with van der Waals surface area (Å²) in [4.78, 5) is 57.9. The highest BCUT2D eigenvalue weighted by molar-refractivity contribution is 5.86. The van der Waals surface area contributed by atoms with Crippen molar-refractivity contribution in [1.82, 2.24) is 0 Å². The van der Waals surface area contributed by atoms with Crippen molar-refractivity contribution in [2.75, 3.05) is 28.4 Å². The normalized spacial score (nSPS) is 32.7. The topological polar surface area (TPSA) is 133 Å². The van der Waals surface area contributed by atoms with E-state index in [0.717, 1.165) is 50.6 Å². The molecule has 0 bridgehead atoms. The van der Waals surface area contributed by atoms with Crippen LogP contribution in [-0.4, -0.2) is 89.2 Å². The van der Waals surface area contributed by atoms with Crippen LogP contribution in [-0.2, 0) is 69.1 Å². The van der Waals surface area contributed by atoms with Gasteiger partial charge in [-0.2, -0.15) is 39.5 Å². The summed E-state index contributed by atoms with van der Waals surface area (Å²) in [6.45, 7) is 13.4. The number of fused-ring (bicyclic) bond motifs is 2. The first kappa shape index (κ1) is 61.6. The number of hydrogen-bond donors (Lipinski definition) is 0. The molecule has 0 amide bonds. The smallest absolute Gasteiger partial charge is 0.432 e. The van der Waals surface area contributed by atoms with Gasteiger partial charge in [-0.05, 0) is 117 Å². The van der Waals surface area contributed by atoms with Gasteiger partial charge in [-0.25, -0.2) is 14.4 Å². The van der Waals surface area contributed by atoms with Crippen molar-refractivity contribution in [2.24, 2.45) is 50.7 Å². The van der Waals surface area contributed by atoms with E-state index >= 15 is 26.3 Å². The molecule has 3 aromatic rings. The minimum atomic E-state index is -5.46. The lowest BCUT2D eigenvalue weighted by Gasteiger charge is -2.64.